The molecule has 1 aliphatic rings. The van der Waals surface area contributed by atoms with Crippen LogP contribution < -0.4 is 0 Å². The van der Waals surface area contributed by atoms with Crippen LogP contribution in [0.1, 0.15) is 6.42 Å². The molecule has 0 aliphatic heterocycles. The molecule has 0 aromatic carbocycles. The summed E-state index contributed by atoms with van der Waals surface area (Å²) in [6, 6.07) is 1.33. The molecule has 0 amide bonds. The minimum absolute atomic E-state index is 0.989. The zero-order valence-corrected chi connectivity index (χ0v) is 13.7. The second kappa shape index (κ2) is 4.88. The van der Waals surface area contributed by atoms with Crippen molar-refractivity contribution in [2.24, 2.45) is 0 Å². The largest absolute Gasteiger partial charge is 0.0913 e. The van der Waals surface area contributed by atoms with Crippen molar-refractivity contribution in [2.45, 2.75) is 51.7 Å². The van der Waals surface area contributed by atoms with E-state index in [2.05, 4.69) is 63.2 Å². The quantitative estimate of drug-likeness (QED) is 0.617. The van der Waals surface area contributed by atoms with Gasteiger partial charge in [0.25, 0.3) is 0 Å². The van der Waals surface area contributed by atoms with Crippen molar-refractivity contribution in [1.29, 1.82) is 0 Å². The molecule has 0 atom stereocenters. The number of allylic oxidation sites excluding steroid dienone is 5. The molecule has 2 heteroatoms. The van der Waals surface area contributed by atoms with Gasteiger partial charge in [0.1, 0.15) is 0 Å². The van der Waals surface area contributed by atoms with Gasteiger partial charge in [-0.1, -0.05) is 63.2 Å². The third-order valence-corrected chi connectivity index (χ3v) is 5.17. The Labute approximate surface area is 103 Å². The summed E-state index contributed by atoms with van der Waals surface area (Å²) in [5.41, 5.74) is 5.82. The van der Waals surface area contributed by atoms with Crippen LogP contribution in [0.5, 0.6) is 0 Å². The zero-order valence-electron chi connectivity index (χ0n) is 11.7. The molecule has 1 rings (SSSR count). The Kier molecular flexibility index (Phi) is 4.19. The van der Waals surface area contributed by atoms with Crippen LogP contribution in [0, 0.1) is 0 Å². The van der Waals surface area contributed by atoms with E-state index >= 15 is 0 Å². The first kappa shape index (κ1) is 13.7. The van der Waals surface area contributed by atoms with Crippen molar-refractivity contribution in [3.05, 3.63) is 35.1 Å². The van der Waals surface area contributed by atoms with Crippen molar-refractivity contribution >= 4 is 16.1 Å². The maximum Gasteiger partial charge on any atom is 0.0690 e. The number of hydrogen-bond acceptors (Lipinski definition) is 0. The van der Waals surface area contributed by atoms with Crippen LogP contribution in [-0.2, 0) is 0 Å². The lowest BCUT2D eigenvalue weighted by Gasteiger charge is -2.23. The van der Waals surface area contributed by atoms with Crippen LogP contribution >= 0.6 is 0 Å². The normalized spacial score (nSPS) is 20.1. The van der Waals surface area contributed by atoms with Gasteiger partial charge < -0.3 is 0 Å². The van der Waals surface area contributed by atoms with Crippen LogP contribution in [0.4, 0.5) is 0 Å². The standard InChI is InChI=1S/C14H26Si2/c1-15(2,3)11-13-9-7-8-10-14(13)12-16(4,5)6/h7-9,12H,10-11H2,1-6H3/b14-12+. The van der Waals surface area contributed by atoms with Crippen molar-refractivity contribution in [3.8, 4) is 0 Å². The van der Waals surface area contributed by atoms with E-state index in [4.69, 9.17) is 0 Å². The summed E-state index contributed by atoms with van der Waals surface area (Å²) < 4.78 is 0. The highest BCUT2D eigenvalue weighted by atomic mass is 28.3. The molecule has 0 unspecified atom stereocenters. The van der Waals surface area contributed by atoms with Crippen LogP contribution in [0.3, 0.4) is 0 Å². The van der Waals surface area contributed by atoms with Crippen LogP contribution in [0.25, 0.3) is 0 Å². The second-order valence-electron chi connectivity index (χ2n) is 7.10. The van der Waals surface area contributed by atoms with E-state index in [1.54, 1.807) is 11.1 Å². The molecule has 90 valence electrons. The molecule has 0 saturated carbocycles. The van der Waals surface area contributed by atoms with Crippen molar-refractivity contribution in [1.82, 2.24) is 0 Å². The van der Waals surface area contributed by atoms with E-state index in [-0.39, 0.29) is 0 Å². The van der Waals surface area contributed by atoms with Gasteiger partial charge in [0, 0.05) is 8.07 Å². The maximum atomic E-state index is 2.59. The predicted molar refractivity (Wildman–Crippen MR) is 81.4 cm³/mol. The molecule has 0 bridgehead atoms. The minimum Gasteiger partial charge on any atom is -0.0913 e. The van der Waals surface area contributed by atoms with E-state index in [1.807, 2.05) is 0 Å². The average molecular weight is 251 g/mol. The van der Waals surface area contributed by atoms with E-state index in [0.717, 1.165) is 6.42 Å². The van der Waals surface area contributed by atoms with Gasteiger partial charge in [-0.15, -0.1) is 0 Å². The van der Waals surface area contributed by atoms with Gasteiger partial charge in [-0.25, -0.2) is 0 Å². The van der Waals surface area contributed by atoms with Gasteiger partial charge in [0.15, 0.2) is 0 Å². The topological polar surface area (TPSA) is 0 Å². The average Bonchev–Trinajstić information content (AvgIpc) is 2.03. The summed E-state index contributed by atoms with van der Waals surface area (Å²) >= 11 is 0. The molecular formula is C14H26Si2. The van der Waals surface area contributed by atoms with E-state index in [1.165, 1.54) is 6.04 Å². The van der Waals surface area contributed by atoms with Crippen LogP contribution in [-0.4, -0.2) is 16.1 Å². The molecule has 0 aromatic heterocycles. The second-order valence-corrected chi connectivity index (χ2v) is 17.6. The van der Waals surface area contributed by atoms with Gasteiger partial charge in [-0.3, -0.25) is 0 Å². The lowest BCUT2D eigenvalue weighted by Crippen LogP contribution is -2.22. The molecule has 0 saturated heterocycles. The summed E-state index contributed by atoms with van der Waals surface area (Å²) in [7, 11) is -2.07. The lowest BCUT2D eigenvalue weighted by atomic mass is 10.0. The van der Waals surface area contributed by atoms with E-state index in [9.17, 15) is 0 Å². The fourth-order valence-corrected chi connectivity index (χ4v) is 4.87. The molecule has 0 N–H and O–H groups in total. The van der Waals surface area contributed by atoms with Gasteiger partial charge in [0.05, 0.1) is 8.07 Å². The van der Waals surface area contributed by atoms with E-state index in [0.29, 0.717) is 0 Å². The summed E-state index contributed by atoms with van der Waals surface area (Å²) in [6.07, 6.45) is 8.02. The molecule has 0 aromatic rings. The third kappa shape index (κ3) is 5.12. The SMILES string of the molecule is C[Si](C)(C)/C=C1\CC=CC=C1C[Si](C)(C)C. The van der Waals surface area contributed by atoms with Crippen LogP contribution in [0.15, 0.2) is 35.1 Å². The molecule has 16 heavy (non-hydrogen) atoms. The van der Waals surface area contributed by atoms with E-state index < -0.39 is 16.1 Å². The Hall–Kier alpha value is -0.346. The first-order valence-electron chi connectivity index (χ1n) is 6.25. The highest BCUT2D eigenvalue weighted by Gasteiger charge is 2.20. The van der Waals surface area contributed by atoms with Crippen LogP contribution in [0.2, 0.25) is 45.3 Å². The molecule has 0 spiro atoms. The summed E-state index contributed by atoms with van der Waals surface area (Å²) in [5.74, 6) is 0. The van der Waals surface area contributed by atoms with Gasteiger partial charge in [0.2, 0.25) is 0 Å². The Morgan fingerprint density at radius 3 is 2.25 bits per heavy atom. The first-order chi connectivity index (χ1) is 7.17. The Balaban J connectivity index is 2.91. The summed E-state index contributed by atoms with van der Waals surface area (Å²) in [6.45, 7) is 14.6. The molecule has 1 aliphatic carbocycles. The van der Waals surface area contributed by atoms with Crippen molar-refractivity contribution in [3.63, 3.8) is 0 Å². The Morgan fingerprint density at radius 1 is 1.12 bits per heavy atom. The molecule has 0 heterocycles. The van der Waals surface area contributed by atoms with Crippen molar-refractivity contribution in [2.75, 3.05) is 0 Å². The monoisotopic (exact) mass is 250 g/mol. The lowest BCUT2D eigenvalue weighted by molar-refractivity contribution is 1.17. The zero-order chi connectivity index (χ0) is 12.4. The van der Waals surface area contributed by atoms with Gasteiger partial charge >= 0.3 is 0 Å². The molecule has 0 fully saturated rings. The fraction of sp³-hybridized carbons (Fsp3) is 0.571. The smallest absolute Gasteiger partial charge is 0.0690 e. The molecule has 0 radical (unpaired) electrons. The molecular weight excluding hydrogens is 224 g/mol. The van der Waals surface area contributed by atoms with Gasteiger partial charge in [-0.2, -0.15) is 0 Å². The highest BCUT2D eigenvalue weighted by Crippen LogP contribution is 2.29. The number of rotatable bonds is 3. The fourth-order valence-electron chi connectivity index (χ4n) is 2.04. The molecule has 0 nitrogen and oxygen atoms in total. The predicted octanol–water partition coefficient (Wildman–Crippen LogP) is 5.01. The minimum atomic E-state index is -1.08. The summed E-state index contributed by atoms with van der Waals surface area (Å²) in [5, 5.41) is 0. The summed E-state index contributed by atoms with van der Waals surface area (Å²) in [4.78, 5) is 0. The maximum absolute atomic E-state index is 2.59. The Bertz CT molecular complexity index is 333. The number of hydrogen-bond donors (Lipinski definition) is 0. The van der Waals surface area contributed by atoms with Crippen molar-refractivity contribution < 1.29 is 0 Å². The first-order valence-corrected chi connectivity index (χ1v) is 13.5. The highest BCUT2D eigenvalue weighted by molar-refractivity contribution is 6.81. The van der Waals surface area contributed by atoms with Gasteiger partial charge in [-0.05, 0) is 23.6 Å². The Morgan fingerprint density at radius 2 is 1.75 bits per heavy atom. The third-order valence-electron chi connectivity index (χ3n) is 2.51.